The van der Waals surface area contributed by atoms with Gasteiger partial charge in [-0.2, -0.15) is 0 Å². The SMILES string of the molecule is C[C@H](N)C(=O)N[C@H]1CCC[C@H]1c1ccc(Cl)cc1. The molecule has 1 aromatic rings. The zero-order chi connectivity index (χ0) is 13.1. The number of halogens is 1. The first kappa shape index (κ1) is 13.4. The molecule has 98 valence electrons. The van der Waals surface area contributed by atoms with E-state index in [2.05, 4.69) is 5.32 Å². The average Bonchev–Trinajstić information content (AvgIpc) is 2.78. The summed E-state index contributed by atoms with van der Waals surface area (Å²) in [6.45, 7) is 1.71. The highest BCUT2D eigenvalue weighted by molar-refractivity contribution is 6.30. The molecule has 0 aliphatic heterocycles. The van der Waals surface area contributed by atoms with Crippen LogP contribution in [0, 0.1) is 0 Å². The molecule has 1 aliphatic carbocycles. The van der Waals surface area contributed by atoms with Crippen LogP contribution in [0.25, 0.3) is 0 Å². The Bertz CT molecular complexity index is 416. The Morgan fingerprint density at radius 2 is 2.06 bits per heavy atom. The van der Waals surface area contributed by atoms with Crippen molar-refractivity contribution in [1.29, 1.82) is 0 Å². The van der Waals surface area contributed by atoms with Crippen molar-refractivity contribution in [2.75, 3.05) is 0 Å². The normalized spacial score (nSPS) is 24.8. The Balaban J connectivity index is 2.07. The Morgan fingerprint density at radius 3 is 2.67 bits per heavy atom. The largest absolute Gasteiger partial charge is 0.351 e. The average molecular weight is 267 g/mol. The zero-order valence-corrected chi connectivity index (χ0v) is 11.3. The van der Waals surface area contributed by atoms with Gasteiger partial charge in [0.05, 0.1) is 6.04 Å². The predicted molar refractivity (Wildman–Crippen MR) is 73.6 cm³/mol. The van der Waals surface area contributed by atoms with Gasteiger partial charge in [0.25, 0.3) is 0 Å². The van der Waals surface area contributed by atoms with Crippen LogP contribution in [0.15, 0.2) is 24.3 Å². The van der Waals surface area contributed by atoms with Crippen molar-refractivity contribution in [2.24, 2.45) is 5.73 Å². The third kappa shape index (κ3) is 3.03. The molecule has 4 heteroatoms. The van der Waals surface area contributed by atoms with E-state index in [1.807, 2.05) is 24.3 Å². The summed E-state index contributed by atoms with van der Waals surface area (Å²) in [6.07, 6.45) is 3.26. The summed E-state index contributed by atoms with van der Waals surface area (Å²) in [6, 6.07) is 7.65. The predicted octanol–water partition coefficient (Wildman–Crippen LogP) is 2.44. The summed E-state index contributed by atoms with van der Waals surface area (Å²) >= 11 is 5.89. The molecule has 0 saturated heterocycles. The summed E-state index contributed by atoms with van der Waals surface area (Å²) in [5.41, 5.74) is 6.83. The molecule has 0 unspecified atom stereocenters. The van der Waals surface area contributed by atoms with Crippen molar-refractivity contribution in [2.45, 2.75) is 44.2 Å². The van der Waals surface area contributed by atoms with E-state index >= 15 is 0 Å². The van der Waals surface area contributed by atoms with E-state index in [-0.39, 0.29) is 11.9 Å². The maximum Gasteiger partial charge on any atom is 0.236 e. The van der Waals surface area contributed by atoms with Gasteiger partial charge in [-0.3, -0.25) is 4.79 Å². The highest BCUT2D eigenvalue weighted by atomic mass is 35.5. The fourth-order valence-electron chi connectivity index (χ4n) is 2.56. The quantitative estimate of drug-likeness (QED) is 0.883. The molecule has 0 heterocycles. The van der Waals surface area contributed by atoms with Crippen LogP contribution in [0.2, 0.25) is 5.02 Å². The fraction of sp³-hybridized carbons (Fsp3) is 0.500. The molecule has 0 radical (unpaired) electrons. The number of hydrogen-bond acceptors (Lipinski definition) is 2. The van der Waals surface area contributed by atoms with Gasteiger partial charge in [-0.25, -0.2) is 0 Å². The number of carbonyl (C=O) groups is 1. The van der Waals surface area contributed by atoms with Crippen molar-refractivity contribution >= 4 is 17.5 Å². The molecule has 3 N–H and O–H groups in total. The molecule has 1 aromatic carbocycles. The molecule has 18 heavy (non-hydrogen) atoms. The summed E-state index contributed by atoms with van der Waals surface area (Å²) in [4.78, 5) is 11.7. The van der Waals surface area contributed by atoms with E-state index in [1.54, 1.807) is 6.92 Å². The van der Waals surface area contributed by atoms with E-state index in [0.29, 0.717) is 5.92 Å². The van der Waals surface area contributed by atoms with Crippen molar-refractivity contribution in [3.63, 3.8) is 0 Å². The van der Waals surface area contributed by atoms with Crippen LogP contribution in [-0.2, 0) is 4.79 Å². The lowest BCUT2D eigenvalue weighted by Crippen LogP contribution is -2.44. The lowest BCUT2D eigenvalue weighted by Gasteiger charge is -2.22. The number of nitrogens with two attached hydrogens (primary N) is 1. The molecule has 0 aromatic heterocycles. The van der Waals surface area contributed by atoms with Gasteiger partial charge in [0.15, 0.2) is 0 Å². The first-order chi connectivity index (χ1) is 8.58. The van der Waals surface area contributed by atoms with Crippen LogP contribution in [0.3, 0.4) is 0 Å². The van der Waals surface area contributed by atoms with Gasteiger partial charge < -0.3 is 11.1 Å². The van der Waals surface area contributed by atoms with Crippen molar-refractivity contribution < 1.29 is 4.79 Å². The van der Waals surface area contributed by atoms with Gasteiger partial charge in [-0.1, -0.05) is 30.2 Å². The second kappa shape index (κ2) is 5.72. The van der Waals surface area contributed by atoms with E-state index in [0.717, 1.165) is 24.3 Å². The minimum atomic E-state index is -0.448. The lowest BCUT2D eigenvalue weighted by atomic mass is 9.94. The van der Waals surface area contributed by atoms with Crippen molar-refractivity contribution in [3.05, 3.63) is 34.9 Å². The monoisotopic (exact) mass is 266 g/mol. The second-order valence-electron chi connectivity index (χ2n) is 4.99. The van der Waals surface area contributed by atoms with Gasteiger partial charge in [0.2, 0.25) is 5.91 Å². The highest BCUT2D eigenvalue weighted by Gasteiger charge is 2.30. The van der Waals surface area contributed by atoms with Crippen LogP contribution in [-0.4, -0.2) is 18.0 Å². The molecular formula is C14H19ClN2O. The molecular weight excluding hydrogens is 248 g/mol. The van der Waals surface area contributed by atoms with Crippen LogP contribution < -0.4 is 11.1 Å². The Morgan fingerprint density at radius 1 is 1.39 bits per heavy atom. The third-order valence-corrected chi connectivity index (χ3v) is 3.81. The molecule has 2 rings (SSSR count). The molecule has 3 nitrogen and oxygen atoms in total. The maximum absolute atomic E-state index is 11.7. The molecule has 1 aliphatic rings. The maximum atomic E-state index is 11.7. The van der Waals surface area contributed by atoms with Crippen LogP contribution in [0.1, 0.15) is 37.7 Å². The van der Waals surface area contributed by atoms with E-state index < -0.39 is 6.04 Å². The third-order valence-electron chi connectivity index (χ3n) is 3.56. The molecule has 0 bridgehead atoms. The second-order valence-corrected chi connectivity index (χ2v) is 5.43. The van der Waals surface area contributed by atoms with Crippen molar-refractivity contribution in [3.8, 4) is 0 Å². The molecule has 1 amide bonds. The van der Waals surface area contributed by atoms with Crippen LogP contribution in [0.4, 0.5) is 0 Å². The van der Waals surface area contributed by atoms with Gasteiger partial charge in [-0.05, 0) is 37.5 Å². The molecule has 0 spiro atoms. The summed E-state index contributed by atoms with van der Waals surface area (Å²) in [5.74, 6) is 0.311. The Labute approximate surface area is 113 Å². The van der Waals surface area contributed by atoms with Crippen LogP contribution in [0.5, 0.6) is 0 Å². The molecule has 1 fully saturated rings. The summed E-state index contributed by atoms with van der Waals surface area (Å²) in [5, 5.41) is 3.79. The topological polar surface area (TPSA) is 55.1 Å². The number of nitrogens with one attached hydrogen (secondary N) is 1. The summed E-state index contributed by atoms with van der Waals surface area (Å²) < 4.78 is 0. The van der Waals surface area contributed by atoms with Gasteiger partial charge in [0, 0.05) is 17.0 Å². The van der Waals surface area contributed by atoms with E-state index in [1.165, 1.54) is 5.56 Å². The molecule has 3 atom stereocenters. The fourth-order valence-corrected chi connectivity index (χ4v) is 2.68. The smallest absolute Gasteiger partial charge is 0.236 e. The molecule has 1 saturated carbocycles. The number of carbonyl (C=O) groups excluding carboxylic acids is 1. The number of rotatable bonds is 3. The number of benzene rings is 1. The van der Waals surface area contributed by atoms with Gasteiger partial charge in [-0.15, -0.1) is 0 Å². The highest BCUT2D eigenvalue weighted by Crippen LogP contribution is 2.35. The zero-order valence-electron chi connectivity index (χ0n) is 10.5. The van der Waals surface area contributed by atoms with Gasteiger partial charge >= 0.3 is 0 Å². The lowest BCUT2D eigenvalue weighted by molar-refractivity contribution is -0.122. The van der Waals surface area contributed by atoms with Crippen LogP contribution >= 0.6 is 11.6 Å². The number of amides is 1. The van der Waals surface area contributed by atoms with E-state index in [4.69, 9.17) is 17.3 Å². The standard InChI is InChI=1S/C14H19ClN2O/c1-9(16)14(18)17-13-4-2-3-12(13)10-5-7-11(15)8-6-10/h5-9,12-13H,2-4,16H2,1H3,(H,17,18)/t9-,12-,13-/m0/s1. The summed E-state index contributed by atoms with van der Waals surface area (Å²) in [7, 11) is 0. The number of hydrogen-bond donors (Lipinski definition) is 2. The first-order valence-corrected chi connectivity index (χ1v) is 6.77. The van der Waals surface area contributed by atoms with Gasteiger partial charge in [0.1, 0.15) is 0 Å². The van der Waals surface area contributed by atoms with E-state index in [9.17, 15) is 4.79 Å². The Hall–Kier alpha value is -1.06. The van der Waals surface area contributed by atoms with Crippen molar-refractivity contribution in [1.82, 2.24) is 5.32 Å². The minimum absolute atomic E-state index is 0.0686. The minimum Gasteiger partial charge on any atom is -0.351 e. The first-order valence-electron chi connectivity index (χ1n) is 6.39. The Kier molecular flexibility index (Phi) is 4.25.